The van der Waals surface area contributed by atoms with E-state index >= 15 is 0 Å². The molecule has 0 aromatic carbocycles. The number of carbonyl (C=O) groups is 2. The van der Waals surface area contributed by atoms with E-state index in [1.807, 2.05) is 11.8 Å². The molecule has 0 spiro atoms. The number of aliphatic hydroxyl groups is 1. The number of fused-ring (bicyclic) bond motifs is 1. The van der Waals surface area contributed by atoms with Gasteiger partial charge in [0.25, 0.3) is 0 Å². The largest absolute Gasteiger partial charge is 0.474 e. The summed E-state index contributed by atoms with van der Waals surface area (Å²) in [5.41, 5.74) is 5.80. The quantitative estimate of drug-likeness (QED) is 0.273. The van der Waals surface area contributed by atoms with Crippen LogP contribution in [0.2, 0.25) is 0 Å². The number of primary amides is 1. The van der Waals surface area contributed by atoms with Gasteiger partial charge in [-0.2, -0.15) is 11.8 Å². The molecule has 0 bridgehead atoms. The van der Waals surface area contributed by atoms with Gasteiger partial charge in [-0.3, -0.25) is 9.59 Å². The van der Waals surface area contributed by atoms with E-state index in [0.29, 0.717) is 36.8 Å². The van der Waals surface area contributed by atoms with Crippen LogP contribution in [0.15, 0.2) is 12.0 Å². The molecule has 0 radical (unpaired) electrons. The first-order valence-electron chi connectivity index (χ1n) is 14.7. The molecule has 5 fully saturated rings. The van der Waals surface area contributed by atoms with Crippen LogP contribution in [0, 0.1) is 5.92 Å². The molecular formula is C27H43N5O5S2. The third-order valence-electron chi connectivity index (χ3n) is 9.28. The number of morpholine rings is 1. The van der Waals surface area contributed by atoms with E-state index in [2.05, 4.69) is 20.9 Å². The fourth-order valence-corrected chi connectivity index (χ4v) is 10.4. The number of rotatable bonds is 7. The molecule has 0 aromatic heterocycles. The number of nitrogens with one attached hydrogen (secondary N) is 3. The van der Waals surface area contributed by atoms with Crippen LogP contribution in [0.1, 0.15) is 38.5 Å². The lowest BCUT2D eigenvalue weighted by Crippen LogP contribution is -2.66. The van der Waals surface area contributed by atoms with Crippen molar-refractivity contribution < 1.29 is 24.2 Å². The molecular weight excluding hydrogens is 538 g/mol. The maximum atomic E-state index is 13.0. The van der Waals surface area contributed by atoms with Gasteiger partial charge in [0.1, 0.15) is 17.4 Å². The number of allylic oxidation sites excluding steroid dienone is 1. The van der Waals surface area contributed by atoms with Gasteiger partial charge in [0.2, 0.25) is 5.91 Å². The summed E-state index contributed by atoms with van der Waals surface area (Å²) in [6, 6.07) is 0.0957. The third-order valence-corrected chi connectivity index (χ3v) is 12.3. The second-order valence-corrected chi connectivity index (χ2v) is 14.4. The second-order valence-electron chi connectivity index (χ2n) is 11.9. The summed E-state index contributed by atoms with van der Waals surface area (Å²) in [4.78, 5) is 27.4. The smallest absolute Gasteiger partial charge is 0.236 e. The minimum atomic E-state index is -0.407. The number of hydrogen-bond acceptors (Lipinski definition) is 11. The van der Waals surface area contributed by atoms with E-state index in [9.17, 15) is 14.7 Å². The number of hydrogen-bond donors (Lipinski definition) is 5. The molecule has 39 heavy (non-hydrogen) atoms. The molecule has 0 aromatic rings. The highest BCUT2D eigenvalue weighted by Gasteiger charge is 2.50. The van der Waals surface area contributed by atoms with Crippen LogP contribution in [0.5, 0.6) is 0 Å². The minimum absolute atomic E-state index is 0.0621. The number of carbonyl (C=O) groups excluding carboxylic acids is 2. The highest BCUT2D eigenvalue weighted by atomic mass is 32.2. The molecule has 4 saturated heterocycles. The predicted molar refractivity (Wildman–Crippen MR) is 152 cm³/mol. The van der Waals surface area contributed by atoms with Crippen LogP contribution in [0.4, 0.5) is 0 Å². The summed E-state index contributed by atoms with van der Waals surface area (Å²) >= 11 is 3.70. The maximum absolute atomic E-state index is 13.0. The average Bonchev–Trinajstić information content (AvgIpc) is 3.58. The first-order valence-corrected chi connectivity index (χ1v) is 16.8. The van der Waals surface area contributed by atoms with Gasteiger partial charge in [0.15, 0.2) is 11.7 Å². The minimum Gasteiger partial charge on any atom is -0.474 e. The number of ether oxygens (including phenoxy) is 2. The van der Waals surface area contributed by atoms with Gasteiger partial charge < -0.3 is 41.2 Å². The second kappa shape index (κ2) is 12.5. The average molecular weight is 582 g/mol. The molecule has 10 atom stereocenters. The van der Waals surface area contributed by atoms with Crippen molar-refractivity contribution in [2.45, 2.75) is 91.4 Å². The van der Waals surface area contributed by atoms with E-state index in [0.717, 1.165) is 63.1 Å². The zero-order chi connectivity index (χ0) is 26.9. The molecule has 6 aliphatic rings. The summed E-state index contributed by atoms with van der Waals surface area (Å²) in [5, 5.41) is 21.5. The summed E-state index contributed by atoms with van der Waals surface area (Å²) in [6.45, 7) is 3.50. The number of amides is 1. The van der Waals surface area contributed by atoms with Gasteiger partial charge in [-0.05, 0) is 25.7 Å². The molecule has 8 unspecified atom stereocenters. The highest BCUT2D eigenvalue weighted by Crippen LogP contribution is 2.46. The van der Waals surface area contributed by atoms with Crippen LogP contribution in [-0.2, 0) is 19.1 Å². The lowest BCUT2D eigenvalue weighted by atomic mass is 9.88. The molecule has 12 heteroatoms. The molecule has 1 amide bonds. The van der Waals surface area contributed by atoms with Crippen LogP contribution in [0.25, 0.3) is 0 Å². The van der Waals surface area contributed by atoms with Gasteiger partial charge in [-0.1, -0.05) is 12.8 Å². The van der Waals surface area contributed by atoms with Crippen LogP contribution < -0.4 is 21.7 Å². The summed E-state index contributed by atoms with van der Waals surface area (Å²) in [7, 11) is 0. The van der Waals surface area contributed by atoms with Gasteiger partial charge in [0, 0.05) is 72.6 Å². The normalized spacial score (nSPS) is 43.1. The lowest BCUT2D eigenvalue weighted by molar-refractivity contribution is -0.121. The molecule has 1 aliphatic carbocycles. The fraction of sp³-hybridized carbons (Fsp3) is 0.852. The number of nitrogens with zero attached hydrogens (tertiary/aromatic N) is 1. The predicted octanol–water partition coefficient (Wildman–Crippen LogP) is -0.199. The van der Waals surface area contributed by atoms with Crippen molar-refractivity contribution in [3.05, 3.63) is 12.0 Å². The monoisotopic (exact) mass is 581 g/mol. The zero-order valence-corrected chi connectivity index (χ0v) is 24.1. The van der Waals surface area contributed by atoms with Crippen LogP contribution in [0.3, 0.4) is 0 Å². The third kappa shape index (κ3) is 6.27. The summed E-state index contributed by atoms with van der Waals surface area (Å²) in [5.74, 6) is 2.78. The van der Waals surface area contributed by atoms with Crippen molar-refractivity contribution in [3.8, 4) is 0 Å². The van der Waals surface area contributed by atoms with Crippen LogP contribution in [-0.4, -0.2) is 119 Å². The Kier molecular flexibility index (Phi) is 8.98. The van der Waals surface area contributed by atoms with Crippen molar-refractivity contribution in [2.75, 3.05) is 44.4 Å². The standard InChI is InChI=1S/C27H43N5O5S2/c28-27(35)24-19(9-15(12-29-24)30-18-3-1-2-4-20(18)33)31-16-10-22(38-13-16)17-14-39-26-21(34)11-23(37-25(17)26)32-5-7-36-8-6-32/h11,15-20,22,24-26,29-31,33H,1-10,12-14H2,(H2,28,35)/t15?,16?,17?,18-,19?,20+,22?,24?,25?,26?/m1/s1. The number of aliphatic hydroxyl groups excluding tert-OH is 1. The fourth-order valence-electron chi connectivity index (χ4n) is 7.18. The topological polar surface area (TPSA) is 138 Å². The van der Waals surface area contributed by atoms with Gasteiger partial charge in [0.05, 0.1) is 19.3 Å². The van der Waals surface area contributed by atoms with Gasteiger partial charge in [-0.15, -0.1) is 11.8 Å². The van der Waals surface area contributed by atoms with Crippen LogP contribution >= 0.6 is 23.5 Å². The molecule has 218 valence electrons. The van der Waals surface area contributed by atoms with Crippen molar-refractivity contribution in [1.82, 2.24) is 20.9 Å². The summed E-state index contributed by atoms with van der Waals surface area (Å²) < 4.78 is 12.0. The highest BCUT2D eigenvalue weighted by molar-refractivity contribution is 8.01. The maximum Gasteiger partial charge on any atom is 0.236 e. The van der Waals surface area contributed by atoms with E-state index < -0.39 is 6.04 Å². The Morgan fingerprint density at radius 3 is 2.67 bits per heavy atom. The van der Waals surface area contributed by atoms with Crippen molar-refractivity contribution in [1.29, 1.82) is 0 Å². The Bertz CT molecular complexity index is 936. The lowest BCUT2D eigenvalue weighted by Gasteiger charge is -2.40. The summed E-state index contributed by atoms with van der Waals surface area (Å²) in [6.07, 6.45) is 7.15. The number of thioether (sulfide) groups is 2. The molecule has 1 saturated carbocycles. The Morgan fingerprint density at radius 2 is 1.87 bits per heavy atom. The van der Waals surface area contributed by atoms with E-state index in [1.54, 1.807) is 17.8 Å². The first-order chi connectivity index (χ1) is 19.0. The Hall–Kier alpha value is -1.02. The molecule has 5 aliphatic heterocycles. The SMILES string of the molecule is NC(=O)C1NCC(N[C@@H]2CCCC[C@@H]2O)CC1NC1CSC(C2CSC3C(=O)C=C(N4CCOCC4)OC32)C1. The number of piperidine rings is 1. The number of nitrogens with two attached hydrogens (primary N) is 1. The Morgan fingerprint density at radius 1 is 1.08 bits per heavy atom. The van der Waals surface area contributed by atoms with Crippen molar-refractivity contribution in [2.24, 2.45) is 11.7 Å². The van der Waals surface area contributed by atoms with E-state index in [-0.39, 0.29) is 53.3 Å². The van der Waals surface area contributed by atoms with E-state index in [1.165, 1.54) is 0 Å². The number of ketones is 1. The Labute approximate surface area is 239 Å². The molecule has 6 rings (SSSR count). The molecule has 5 heterocycles. The van der Waals surface area contributed by atoms with E-state index in [4.69, 9.17) is 15.2 Å². The van der Waals surface area contributed by atoms with Gasteiger partial charge in [-0.25, -0.2) is 0 Å². The Balaban J connectivity index is 1.06. The molecule has 6 N–H and O–H groups in total. The van der Waals surface area contributed by atoms with Gasteiger partial charge >= 0.3 is 0 Å². The van der Waals surface area contributed by atoms with Crippen molar-refractivity contribution in [3.63, 3.8) is 0 Å². The van der Waals surface area contributed by atoms with Crippen molar-refractivity contribution >= 4 is 35.2 Å². The first kappa shape index (κ1) is 28.1. The molecule has 10 nitrogen and oxygen atoms in total. The zero-order valence-electron chi connectivity index (χ0n) is 22.5.